The number of piperazine rings is 1. The van der Waals surface area contributed by atoms with Crippen molar-refractivity contribution in [1.29, 1.82) is 0 Å². The maximum Gasteiger partial charge on any atom is 0.251 e. The van der Waals surface area contributed by atoms with E-state index in [4.69, 9.17) is 4.98 Å². The highest BCUT2D eigenvalue weighted by Crippen LogP contribution is 2.44. The van der Waals surface area contributed by atoms with Gasteiger partial charge in [0.1, 0.15) is 0 Å². The second kappa shape index (κ2) is 6.20. The van der Waals surface area contributed by atoms with Crippen LogP contribution in [0.25, 0.3) is 10.2 Å². The number of rotatable bonds is 3. The van der Waals surface area contributed by atoms with Crippen molar-refractivity contribution in [3.05, 3.63) is 23.8 Å². The first-order valence-corrected chi connectivity index (χ1v) is 10.6. The number of carbonyl (C=O) groups excluding carboxylic acids is 1. The standard InChI is InChI=1S/C20H26N4OS/c1-23-10-11-24(13-20(23)8-9-20)19-22-16-7-6-14(12-17(16)26-19)18(25)21-15-4-2-3-5-15/h6-7,12,15H,2-5,8-11,13H2,1H3,(H,21,25). The number of nitrogens with zero attached hydrogens (tertiary/aromatic N) is 3. The second-order valence-corrected chi connectivity index (χ2v) is 9.21. The molecule has 3 fully saturated rings. The molecule has 5 nitrogen and oxygen atoms in total. The third-order valence-electron chi connectivity index (χ3n) is 6.43. The highest BCUT2D eigenvalue weighted by atomic mass is 32.1. The van der Waals surface area contributed by atoms with Crippen molar-refractivity contribution in [2.75, 3.05) is 31.6 Å². The highest BCUT2D eigenvalue weighted by molar-refractivity contribution is 7.22. The summed E-state index contributed by atoms with van der Waals surface area (Å²) in [6.45, 7) is 3.22. The van der Waals surface area contributed by atoms with Crippen molar-refractivity contribution >= 4 is 32.6 Å². The number of fused-ring (bicyclic) bond motifs is 1. The summed E-state index contributed by atoms with van der Waals surface area (Å²) in [5, 5.41) is 4.29. The predicted octanol–water partition coefficient (Wildman–Crippen LogP) is 3.25. The van der Waals surface area contributed by atoms with Crippen LogP contribution in [-0.2, 0) is 0 Å². The van der Waals surface area contributed by atoms with E-state index < -0.39 is 0 Å². The van der Waals surface area contributed by atoms with Crippen LogP contribution in [0.15, 0.2) is 18.2 Å². The number of nitrogens with one attached hydrogen (secondary N) is 1. The number of likely N-dealkylation sites (N-methyl/N-ethyl adjacent to an activating group) is 1. The number of amides is 1. The largest absolute Gasteiger partial charge is 0.349 e. The molecule has 2 saturated carbocycles. The van der Waals surface area contributed by atoms with Crippen LogP contribution < -0.4 is 10.2 Å². The number of anilines is 1. The lowest BCUT2D eigenvalue weighted by Gasteiger charge is -2.40. The minimum absolute atomic E-state index is 0.0604. The van der Waals surface area contributed by atoms with E-state index in [1.54, 1.807) is 11.3 Å². The average molecular weight is 371 g/mol. The molecule has 0 atom stereocenters. The third-order valence-corrected chi connectivity index (χ3v) is 7.51. The van der Waals surface area contributed by atoms with Gasteiger partial charge in [-0.3, -0.25) is 9.69 Å². The molecular weight excluding hydrogens is 344 g/mol. The van der Waals surface area contributed by atoms with Crippen molar-refractivity contribution in [2.24, 2.45) is 0 Å². The van der Waals surface area contributed by atoms with Gasteiger partial charge in [-0.05, 0) is 50.9 Å². The first kappa shape index (κ1) is 16.5. The van der Waals surface area contributed by atoms with Gasteiger partial charge in [0, 0.05) is 36.8 Å². The number of thiazole rings is 1. The van der Waals surface area contributed by atoms with Crippen LogP contribution >= 0.6 is 11.3 Å². The quantitative estimate of drug-likeness (QED) is 0.901. The summed E-state index contributed by atoms with van der Waals surface area (Å²) in [4.78, 5) is 22.3. The summed E-state index contributed by atoms with van der Waals surface area (Å²) in [5.41, 5.74) is 2.16. The van der Waals surface area contributed by atoms with E-state index in [0.29, 0.717) is 11.6 Å². The van der Waals surface area contributed by atoms with Gasteiger partial charge in [0.05, 0.1) is 10.2 Å². The van der Waals surface area contributed by atoms with Crippen LogP contribution in [0.4, 0.5) is 5.13 Å². The number of carbonyl (C=O) groups is 1. The van der Waals surface area contributed by atoms with Crippen molar-refractivity contribution in [3.8, 4) is 0 Å². The van der Waals surface area contributed by atoms with Gasteiger partial charge >= 0.3 is 0 Å². The molecule has 1 amide bonds. The molecule has 6 heteroatoms. The fourth-order valence-corrected chi connectivity index (χ4v) is 5.47. The Labute approximate surface area is 158 Å². The Kier molecular flexibility index (Phi) is 3.94. The van der Waals surface area contributed by atoms with Gasteiger partial charge in [0.15, 0.2) is 5.13 Å². The molecule has 26 heavy (non-hydrogen) atoms. The summed E-state index contributed by atoms with van der Waals surface area (Å²) >= 11 is 1.72. The van der Waals surface area contributed by atoms with Gasteiger partial charge in [-0.15, -0.1) is 0 Å². The van der Waals surface area contributed by atoms with E-state index in [1.165, 1.54) is 25.7 Å². The van der Waals surface area contributed by atoms with E-state index >= 15 is 0 Å². The number of hydrogen-bond donors (Lipinski definition) is 1. The van der Waals surface area contributed by atoms with Gasteiger partial charge in [-0.25, -0.2) is 4.98 Å². The molecule has 1 aromatic carbocycles. The Hall–Kier alpha value is -1.66. The SMILES string of the molecule is CN1CCN(c2nc3ccc(C(=O)NC4CCCC4)cc3s2)CC12CC2. The number of aromatic nitrogens is 1. The van der Waals surface area contributed by atoms with Gasteiger partial charge in [0.2, 0.25) is 0 Å². The molecule has 0 radical (unpaired) electrons. The van der Waals surface area contributed by atoms with Crippen molar-refractivity contribution in [1.82, 2.24) is 15.2 Å². The molecule has 3 aliphatic rings. The van der Waals surface area contributed by atoms with Crippen LogP contribution in [-0.4, -0.2) is 54.1 Å². The molecule has 1 aliphatic heterocycles. The van der Waals surface area contributed by atoms with Crippen molar-refractivity contribution < 1.29 is 4.79 Å². The number of benzene rings is 1. The van der Waals surface area contributed by atoms with Crippen molar-refractivity contribution in [3.63, 3.8) is 0 Å². The van der Waals surface area contributed by atoms with E-state index in [9.17, 15) is 4.79 Å². The lowest BCUT2D eigenvalue weighted by molar-refractivity contribution is 0.0938. The van der Waals surface area contributed by atoms with Gasteiger partial charge in [-0.2, -0.15) is 0 Å². The third kappa shape index (κ3) is 2.89. The summed E-state index contributed by atoms with van der Waals surface area (Å²) in [7, 11) is 2.25. The zero-order valence-corrected chi connectivity index (χ0v) is 16.1. The molecule has 0 bridgehead atoms. The first-order valence-electron chi connectivity index (χ1n) is 9.81. The topological polar surface area (TPSA) is 48.5 Å². The molecule has 1 N–H and O–H groups in total. The highest BCUT2D eigenvalue weighted by Gasteiger charge is 2.49. The monoisotopic (exact) mass is 370 g/mol. The molecule has 1 spiro atoms. The molecule has 2 aromatic rings. The van der Waals surface area contributed by atoms with Crippen LogP contribution in [0.5, 0.6) is 0 Å². The average Bonchev–Trinajstić information content (AvgIpc) is 3.06. The van der Waals surface area contributed by atoms with Crippen molar-refractivity contribution in [2.45, 2.75) is 50.1 Å². The zero-order chi connectivity index (χ0) is 17.7. The Bertz CT molecular complexity index is 837. The Morgan fingerprint density at radius 3 is 2.85 bits per heavy atom. The minimum atomic E-state index is 0.0604. The summed E-state index contributed by atoms with van der Waals surface area (Å²) in [6, 6.07) is 6.30. The molecule has 1 saturated heterocycles. The molecule has 2 heterocycles. The normalized spacial score (nSPS) is 23.0. The zero-order valence-electron chi connectivity index (χ0n) is 15.3. The fourth-order valence-electron chi connectivity index (χ4n) is 4.44. The molecular formula is C20H26N4OS. The smallest absolute Gasteiger partial charge is 0.251 e. The molecule has 138 valence electrons. The maximum absolute atomic E-state index is 12.5. The molecule has 5 rings (SSSR count). The van der Waals surface area contributed by atoms with Gasteiger partial charge < -0.3 is 10.2 Å². The first-order chi connectivity index (χ1) is 12.6. The summed E-state index contributed by atoms with van der Waals surface area (Å²) in [6.07, 6.45) is 7.30. The fraction of sp³-hybridized carbons (Fsp3) is 0.600. The van der Waals surface area contributed by atoms with E-state index in [0.717, 1.165) is 53.4 Å². The Morgan fingerprint density at radius 2 is 2.08 bits per heavy atom. The molecule has 0 unspecified atom stereocenters. The van der Waals surface area contributed by atoms with Gasteiger partial charge in [-0.1, -0.05) is 24.2 Å². The Morgan fingerprint density at radius 1 is 1.27 bits per heavy atom. The predicted molar refractivity (Wildman–Crippen MR) is 106 cm³/mol. The van der Waals surface area contributed by atoms with Crippen LogP contribution in [0.2, 0.25) is 0 Å². The second-order valence-electron chi connectivity index (χ2n) is 8.20. The van der Waals surface area contributed by atoms with Crippen LogP contribution in [0.3, 0.4) is 0 Å². The van der Waals surface area contributed by atoms with Gasteiger partial charge in [0.25, 0.3) is 5.91 Å². The van der Waals surface area contributed by atoms with E-state index in [2.05, 4.69) is 22.2 Å². The minimum Gasteiger partial charge on any atom is -0.349 e. The lowest BCUT2D eigenvalue weighted by atomic mass is 10.1. The molecule has 1 aromatic heterocycles. The van der Waals surface area contributed by atoms with Crippen LogP contribution in [0.1, 0.15) is 48.9 Å². The van der Waals surface area contributed by atoms with E-state index in [-0.39, 0.29) is 5.91 Å². The number of hydrogen-bond acceptors (Lipinski definition) is 5. The summed E-state index contributed by atoms with van der Waals surface area (Å²) in [5.74, 6) is 0.0604. The maximum atomic E-state index is 12.5. The molecule has 2 aliphatic carbocycles. The lowest BCUT2D eigenvalue weighted by Crippen LogP contribution is -2.53. The van der Waals surface area contributed by atoms with E-state index in [1.807, 2.05) is 18.2 Å². The Balaban J connectivity index is 1.35. The van der Waals surface area contributed by atoms with Crippen LogP contribution in [0, 0.1) is 0 Å². The summed E-state index contributed by atoms with van der Waals surface area (Å²) < 4.78 is 1.11.